The van der Waals surface area contributed by atoms with Gasteiger partial charge in [-0.25, -0.2) is 0 Å². The topological polar surface area (TPSA) is 12.0 Å². The molecule has 3 unspecified atom stereocenters. The SMILES string of the molecule is CNC1CC(C)C[C@@H](C)C(C)C1. The third-order valence-corrected chi connectivity index (χ3v) is 3.50. The molecule has 1 saturated carbocycles. The Morgan fingerprint density at radius 2 is 1.50 bits per heavy atom. The second kappa shape index (κ2) is 4.27. The van der Waals surface area contributed by atoms with Gasteiger partial charge in [0.05, 0.1) is 0 Å². The molecule has 12 heavy (non-hydrogen) atoms. The van der Waals surface area contributed by atoms with E-state index >= 15 is 0 Å². The third-order valence-electron chi connectivity index (χ3n) is 3.50. The predicted molar refractivity (Wildman–Crippen MR) is 54.2 cm³/mol. The zero-order valence-electron chi connectivity index (χ0n) is 8.93. The van der Waals surface area contributed by atoms with Crippen LogP contribution in [0.2, 0.25) is 0 Å². The van der Waals surface area contributed by atoms with Gasteiger partial charge in [-0.3, -0.25) is 0 Å². The molecule has 1 N–H and O–H groups in total. The fourth-order valence-corrected chi connectivity index (χ4v) is 2.46. The molecule has 0 radical (unpaired) electrons. The van der Waals surface area contributed by atoms with Crippen molar-refractivity contribution in [2.75, 3.05) is 7.05 Å². The van der Waals surface area contributed by atoms with Crippen molar-refractivity contribution in [1.29, 1.82) is 0 Å². The van der Waals surface area contributed by atoms with E-state index in [0.29, 0.717) is 0 Å². The van der Waals surface area contributed by atoms with Gasteiger partial charge in [-0.15, -0.1) is 0 Å². The van der Waals surface area contributed by atoms with Crippen LogP contribution in [0.25, 0.3) is 0 Å². The van der Waals surface area contributed by atoms with Crippen LogP contribution < -0.4 is 5.32 Å². The summed E-state index contributed by atoms with van der Waals surface area (Å²) in [6.07, 6.45) is 4.15. The van der Waals surface area contributed by atoms with Gasteiger partial charge in [0.15, 0.2) is 0 Å². The van der Waals surface area contributed by atoms with Crippen molar-refractivity contribution in [3.8, 4) is 0 Å². The molecule has 4 atom stereocenters. The molecule has 0 amide bonds. The highest BCUT2D eigenvalue weighted by molar-refractivity contribution is 4.79. The Hall–Kier alpha value is -0.0400. The molecule has 1 rings (SSSR count). The average Bonchev–Trinajstić information content (AvgIpc) is 2.12. The molecule has 0 spiro atoms. The van der Waals surface area contributed by atoms with E-state index in [1.165, 1.54) is 19.3 Å². The van der Waals surface area contributed by atoms with E-state index in [0.717, 1.165) is 23.8 Å². The van der Waals surface area contributed by atoms with Crippen LogP contribution in [0.1, 0.15) is 40.0 Å². The molecule has 0 aromatic rings. The van der Waals surface area contributed by atoms with Gasteiger partial charge < -0.3 is 5.32 Å². The summed E-state index contributed by atoms with van der Waals surface area (Å²) in [5, 5.41) is 3.43. The molecule has 1 fully saturated rings. The van der Waals surface area contributed by atoms with E-state index < -0.39 is 0 Å². The van der Waals surface area contributed by atoms with Crippen LogP contribution >= 0.6 is 0 Å². The summed E-state index contributed by atoms with van der Waals surface area (Å²) in [5.74, 6) is 2.72. The first-order valence-corrected chi connectivity index (χ1v) is 5.30. The standard InChI is InChI=1S/C11H23N/c1-8-5-9(2)10(3)7-11(6-8)12-4/h8-12H,5-7H2,1-4H3/t8?,9-,10?,11?/m1/s1. The Morgan fingerprint density at radius 1 is 0.917 bits per heavy atom. The fourth-order valence-electron chi connectivity index (χ4n) is 2.46. The largest absolute Gasteiger partial charge is 0.317 e. The Bertz CT molecular complexity index is 133. The van der Waals surface area contributed by atoms with Crippen LogP contribution in [0.3, 0.4) is 0 Å². The predicted octanol–water partition coefficient (Wildman–Crippen LogP) is 2.67. The molecule has 0 aromatic carbocycles. The summed E-state index contributed by atoms with van der Waals surface area (Å²) >= 11 is 0. The third kappa shape index (κ3) is 2.48. The Kier molecular flexibility index (Phi) is 3.57. The molecular weight excluding hydrogens is 146 g/mol. The molecular formula is C11H23N. The van der Waals surface area contributed by atoms with E-state index in [2.05, 4.69) is 33.1 Å². The lowest BCUT2D eigenvalue weighted by Gasteiger charge is -2.19. The van der Waals surface area contributed by atoms with Crippen molar-refractivity contribution in [3.05, 3.63) is 0 Å². The van der Waals surface area contributed by atoms with E-state index in [1.54, 1.807) is 0 Å². The maximum atomic E-state index is 3.43. The summed E-state index contributed by atoms with van der Waals surface area (Å²) in [7, 11) is 2.10. The van der Waals surface area contributed by atoms with Crippen molar-refractivity contribution in [2.24, 2.45) is 17.8 Å². The number of hydrogen-bond donors (Lipinski definition) is 1. The number of rotatable bonds is 1. The number of nitrogens with one attached hydrogen (secondary N) is 1. The van der Waals surface area contributed by atoms with Gasteiger partial charge in [-0.2, -0.15) is 0 Å². The van der Waals surface area contributed by atoms with Gasteiger partial charge in [0.1, 0.15) is 0 Å². The highest BCUT2D eigenvalue weighted by Gasteiger charge is 2.24. The lowest BCUT2D eigenvalue weighted by atomic mass is 9.89. The minimum atomic E-state index is 0.764. The maximum Gasteiger partial charge on any atom is 0.00692 e. The molecule has 1 aliphatic rings. The molecule has 0 bridgehead atoms. The molecule has 72 valence electrons. The van der Waals surface area contributed by atoms with Gasteiger partial charge in [0, 0.05) is 6.04 Å². The zero-order valence-corrected chi connectivity index (χ0v) is 8.93. The molecule has 1 heteroatoms. The minimum Gasteiger partial charge on any atom is -0.317 e. The smallest absolute Gasteiger partial charge is 0.00692 e. The fraction of sp³-hybridized carbons (Fsp3) is 1.00. The van der Waals surface area contributed by atoms with Gasteiger partial charge in [-0.05, 0) is 44.1 Å². The van der Waals surface area contributed by atoms with Gasteiger partial charge in [0.25, 0.3) is 0 Å². The Balaban J connectivity index is 2.53. The minimum absolute atomic E-state index is 0.764. The van der Waals surface area contributed by atoms with Crippen molar-refractivity contribution >= 4 is 0 Å². The van der Waals surface area contributed by atoms with E-state index in [9.17, 15) is 0 Å². The first kappa shape index (κ1) is 10.0. The van der Waals surface area contributed by atoms with Crippen LogP contribution in [-0.4, -0.2) is 13.1 Å². The number of hydrogen-bond acceptors (Lipinski definition) is 1. The van der Waals surface area contributed by atoms with Crippen LogP contribution in [0.4, 0.5) is 0 Å². The zero-order chi connectivity index (χ0) is 9.14. The van der Waals surface area contributed by atoms with Crippen molar-refractivity contribution < 1.29 is 0 Å². The average molecular weight is 169 g/mol. The summed E-state index contributed by atoms with van der Waals surface area (Å²) in [4.78, 5) is 0. The summed E-state index contributed by atoms with van der Waals surface area (Å²) in [6, 6.07) is 0.764. The lowest BCUT2D eigenvalue weighted by Crippen LogP contribution is -2.27. The Morgan fingerprint density at radius 3 is 2.08 bits per heavy atom. The summed E-state index contributed by atoms with van der Waals surface area (Å²) in [5.41, 5.74) is 0. The second-order valence-corrected chi connectivity index (χ2v) is 4.75. The molecule has 1 nitrogen and oxygen atoms in total. The second-order valence-electron chi connectivity index (χ2n) is 4.75. The van der Waals surface area contributed by atoms with Crippen molar-refractivity contribution in [2.45, 2.75) is 46.1 Å². The maximum absolute atomic E-state index is 3.43. The van der Waals surface area contributed by atoms with Gasteiger partial charge in [0.2, 0.25) is 0 Å². The van der Waals surface area contributed by atoms with Gasteiger partial charge >= 0.3 is 0 Å². The summed E-state index contributed by atoms with van der Waals surface area (Å²) < 4.78 is 0. The highest BCUT2D eigenvalue weighted by Crippen LogP contribution is 2.31. The summed E-state index contributed by atoms with van der Waals surface area (Å²) in [6.45, 7) is 7.19. The first-order valence-electron chi connectivity index (χ1n) is 5.30. The Labute approximate surface area is 76.9 Å². The molecule has 0 aromatic heterocycles. The van der Waals surface area contributed by atoms with Crippen LogP contribution in [0, 0.1) is 17.8 Å². The molecule has 1 aliphatic carbocycles. The lowest BCUT2D eigenvalue weighted by molar-refractivity contribution is 0.335. The van der Waals surface area contributed by atoms with E-state index in [-0.39, 0.29) is 0 Å². The molecule has 0 aliphatic heterocycles. The van der Waals surface area contributed by atoms with Crippen LogP contribution in [-0.2, 0) is 0 Å². The van der Waals surface area contributed by atoms with E-state index in [4.69, 9.17) is 0 Å². The quantitative estimate of drug-likeness (QED) is 0.595. The van der Waals surface area contributed by atoms with Crippen LogP contribution in [0.15, 0.2) is 0 Å². The van der Waals surface area contributed by atoms with E-state index in [1.807, 2.05) is 0 Å². The molecule has 0 saturated heterocycles. The van der Waals surface area contributed by atoms with Gasteiger partial charge in [-0.1, -0.05) is 20.8 Å². The van der Waals surface area contributed by atoms with Crippen LogP contribution in [0.5, 0.6) is 0 Å². The van der Waals surface area contributed by atoms with Crippen molar-refractivity contribution in [3.63, 3.8) is 0 Å². The highest BCUT2D eigenvalue weighted by atomic mass is 14.9. The normalized spacial score (nSPS) is 44.0. The van der Waals surface area contributed by atoms with Crippen molar-refractivity contribution in [1.82, 2.24) is 5.32 Å². The molecule has 0 heterocycles. The first-order chi connectivity index (χ1) is 5.63. The monoisotopic (exact) mass is 169 g/mol.